The van der Waals surface area contributed by atoms with Gasteiger partial charge in [-0.25, -0.2) is 4.39 Å². The summed E-state index contributed by atoms with van der Waals surface area (Å²) in [6, 6.07) is 24.8. The molecule has 1 saturated heterocycles. The molecule has 0 aromatic heterocycles. The molecule has 0 aliphatic carbocycles. The number of ether oxygens (including phenoxy) is 2. The third-order valence-electron chi connectivity index (χ3n) is 5.95. The summed E-state index contributed by atoms with van der Waals surface area (Å²) < 4.78 is 25.5. The molecule has 1 aliphatic heterocycles. The Bertz CT molecular complexity index is 1070. The van der Waals surface area contributed by atoms with Crippen LogP contribution in [-0.4, -0.2) is 20.2 Å². The molecule has 158 valence electrons. The normalized spacial score (nSPS) is 15.2. The van der Waals surface area contributed by atoms with Gasteiger partial charge in [-0.05, 0) is 48.2 Å². The SMILES string of the molecule is COc1cccc(C2(C#N)CCN(c3cc(F)ccc3OCc3ccccc3)CC2)c1. The number of anilines is 1. The molecule has 1 heterocycles. The molecule has 4 rings (SSSR count). The third kappa shape index (κ3) is 4.49. The fourth-order valence-corrected chi connectivity index (χ4v) is 4.11. The zero-order chi connectivity index (χ0) is 21.7. The van der Waals surface area contributed by atoms with Crippen LogP contribution in [0.1, 0.15) is 24.0 Å². The molecule has 4 nitrogen and oxygen atoms in total. The van der Waals surface area contributed by atoms with Crippen LogP contribution in [0.2, 0.25) is 0 Å². The molecule has 0 atom stereocenters. The van der Waals surface area contributed by atoms with Crippen molar-refractivity contribution in [2.75, 3.05) is 25.1 Å². The zero-order valence-electron chi connectivity index (χ0n) is 17.6. The van der Waals surface area contributed by atoms with Gasteiger partial charge in [0.25, 0.3) is 0 Å². The van der Waals surface area contributed by atoms with Crippen molar-refractivity contribution in [1.82, 2.24) is 0 Å². The van der Waals surface area contributed by atoms with Gasteiger partial charge >= 0.3 is 0 Å². The van der Waals surface area contributed by atoms with Gasteiger partial charge in [-0.15, -0.1) is 0 Å². The van der Waals surface area contributed by atoms with E-state index in [4.69, 9.17) is 9.47 Å². The Balaban J connectivity index is 1.52. The molecule has 0 bridgehead atoms. The van der Waals surface area contributed by atoms with Crippen LogP contribution in [0.15, 0.2) is 72.8 Å². The van der Waals surface area contributed by atoms with E-state index in [0.29, 0.717) is 38.3 Å². The minimum atomic E-state index is -0.580. The van der Waals surface area contributed by atoms with Crippen LogP contribution in [-0.2, 0) is 12.0 Å². The van der Waals surface area contributed by atoms with Crippen molar-refractivity contribution >= 4 is 5.69 Å². The number of methoxy groups -OCH3 is 1. The lowest BCUT2D eigenvalue weighted by molar-refractivity contribution is 0.304. The van der Waals surface area contributed by atoms with Gasteiger partial charge in [0, 0.05) is 19.2 Å². The summed E-state index contributed by atoms with van der Waals surface area (Å²) in [5.41, 5.74) is 2.17. The molecule has 1 fully saturated rings. The average molecular weight is 416 g/mol. The average Bonchev–Trinajstić information content (AvgIpc) is 2.84. The minimum Gasteiger partial charge on any atom is -0.497 e. The Kier molecular flexibility index (Phi) is 6.08. The first kappa shape index (κ1) is 20.7. The Morgan fingerprint density at radius 1 is 1.00 bits per heavy atom. The molecule has 0 spiro atoms. The minimum absolute atomic E-state index is 0.299. The van der Waals surface area contributed by atoms with Crippen molar-refractivity contribution in [3.05, 3.63) is 89.7 Å². The first-order valence-electron chi connectivity index (χ1n) is 10.4. The van der Waals surface area contributed by atoms with Crippen LogP contribution < -0.4 is 14.4 Å². The molecule has 31 heavy (non-hydrogen) atoms. The maximum Gasteiger partial charge on any atom is 0.143 e. The van der Waals surface area contributed by atoms with Crippen molar-refractivity contribution in [3.8, 4) is 17.6 Å². The van der Waals surface area contributed by atoms with Gasteiger partial charge < -0.3 is 14.4 Å². The summed E-state index contributed by atoms with van der Waals surface area (Å²) in [5, 5.41) is 10.0. The molecule has 0 saturated carbocycles. The number of rotatable bonds is 6. The smallest absolute Gasteiger partial charge is 0.143 e. The predicted octanol–water partition coefficient (Wildman–Crippen LogP) is 5.48. The van der Waals surface area contributed by atoms with Crippen molar-refractivity contribution in [3.63, 3.8) is 0 Å². The number of benzene rings is 3. The van der Waals surface area contributed by atoms with Gasteiger partial charge in [-0.2, -0.15) is 5.26 Å². The summed E-state index contributed by atoms with van der Waals surface area (Å²) in [6.07, 6.45) is 1.29. The molecule has 0 amide bonds. The molecular weight excluding hydrogens is 391 g/mol. The van der Waals surface area contributed by atoms with E-state index in [2.05, 4.69) is 11.0 Å². The lowest BCUT2D eigenvalue weighted by Crippen LogP contribution is -2.42. The van der Waals surface area contributed by atoms with E-state index in [1.54, 1.807) is 13.2 Å². The Labute approximate surface area is 182 Å². The number of piperidine rings is 1. The lowest BCUT2D eigenvalue weighted by atomic mass is 9.74. The summed E-state index contributed by atoms with van der Waals surface area (Å²) >= 11 is 0. The van der Waals surface area contributed by atoms with Crippen LogP contribution in [0, 0.1) is 17.1 Å². The quantitative estimate of drug-likeness (QED) is 0.534. The van der Waals surface area contributed by atoms with Gasteiger partial charge in [-0.3, -0.25) is 0 Å². The maximum absolute atomic E-state index is 14.1. The van der Waals surface area contributed by atoms with Crippen molar-refractivity contribution in [2.45, 2.75) is 24.9 Å². The number of hydrogen-bond acceptors (Lipinski definition) is 4. The molecule has 5 heteroatoms. The van der Waals surface area contributed by atoms with Crippen LogP contribution >= 0.6 is 0 Å². The molecule has 3 aromatic rings. The molecule has 3 aromatic carbocycles. The molecule has 1 aliphatic rings. The van der Waals surface area contributed by atoms with Gasteiger partial charge in [0.05, 0.1) is 24.3 Å². The van der Waals surface area contributed by atoms with Crippen molar-refractivity contribution in [2.24, 2.45) is 0 Å². The van der Waals surface area contributed by atoms with E-state index in [9.17, 15) is 9.65 Å². The second-order valence-corrected chi connectivity index (χ2v) is 7.80. The van der Waals surface area contributed by atoms with Crippen LogP contribution in [0.4, 0.5) is 10.1 Å². The van der Waals surface area contributed by atoms with Crippen molar-refractivity contribution < 1.29 is 13.9 Å². The van der Waals surface area contributed by atoms with E-state index >= 15 is 0 Å². The number of hydrogen-bond donors (Lipinski definition) is 0. The van der Waals surface area contributed by atoms with Crippen molar-refractivity contribution in [1.29, 1.82) is 5.26 Å². The van der Waals surface area contributed by atoms with E-state index in [1.807, 2.05) is 54.6 Å². The molecular formula is C26H25FN2O2. The zero-order valence-corrected chi connectivity index (χ0v) is 17.6. The predicted molar refractivity (Wildman–Crippen MR) is 119 cm³/mol. The van der Waals surface area contributed by atoms with Gasteiger partial charge in [-0.1, -0.05) is 42.5 Å². The second-order valence-electron chi connectivity index (χ2n) is 7.80. The monoisotopic (exact) mass is 416 g/mol. The van der Waals surface area contributed by atoms with Gasteiger partial charge in [0.2, 0.25) is 0 Å². The molecule has 0 N–H and O–H groups in total. The second kappa shape index (κ2) is 9.09. The van der Waals surface area contributed by atoms with Gasteiger partial charge in [0.15, 0.2) is 0 Å². The maximum atomic E-state index is 14.1. The standard InChI is InChI=1S/C26H25FN2O2/c1-30-23-9-5-8-21(16-23)26(19-28)12-14-29(15-13-26)24-17-22(27)10-11-25(24)31-18-20-6-3-2-4-7-20/h2-11,16-17H,12-15,18H2,1H3. The summed E-state index contributed by atoms with van der Waals surface area (Å²) in [4.78, 5) is 2.11. The molecule has 0 unspecified atom stereocenters. The summed E-state index contributed by atoms with van der Waals surface area (Å²) in [5.74, 6) is 1.10. The Hall–Kier alpha value is -3.52. The highest BCUT2D eigenvalue weighted by Crippen LogP contribution is 2.40. The first-order valence-corrected chi connectivity index (χ1v) is 10.4. The summed E-state index contributed by atoms with van der Waals surface area (Å²) in [7, 11) is 1.63. The highest BCUT2D eigenvalue weighted by molar-refractivity contribution is 5.59. The highest BCUT2D eigenvalue weighted by atomic mass is 19.1. The van der Waals surface area contributed by atoms with Crippen LogP contribution in [0.3, 0.4) is 0 Å². The van der Waals surface area contributed by atoms with E-state index in [0.717, 1.165) is 22.6 Å². The Morgan fingerprint density at radius 3 is 2.48 bits per heavy atom. The number of nitriles is 1. The Morgan fingerprint density at radius 2 is 1.77 bits per heavy atom. The van der Waals surface area contributed by atoms with E-state index in [-0.39, 0.29) is 5.82 Å². The molecule has 0 radical (unpaired) electrons. The first-order chi connectivity index (χ1) is 15.1. The van der Waals surface area contributed by atoms with Crippen LogP contribution in [0.5, 0.6) is 11.5 Å². The van der Waals surface area contributed by atoms with E-state index in [1.165, 1.54) is 12.1 Å². The highest BCUT2D eigenvalue weighted by Gasteiger charge is 2.37. The van der Waals surface area contributed by atoms with E-state index < -0.39 is 5.41 Å². The topological polar surface area (TPSA) is 45.5 Å². The van der Waals surface area contributed by atoms with Gasteiger partial charge in [0.1, 0.15) is 23.9 Å². The number of nitrogens with zero attached hydrogens (tertiary/aromatic N) is 2. The largest absolute Gasteiger partial charge is 0.497 e. The fraction of sp³-hybridized carbons (Fsp3) is 0.269. The lowest BCUT2D eigenvalue weighted by Gasteiger charge is -2.39. The third-order valence-corrected chi connectivity index (χ3v) is 5.95. The summed E-state index contributed by atoms with van der Waals surface area (Å²) in [6.45, 7) is 1.69. The fourth-order valence-electron chi connectivity index (χ4n) is 4.11. The number of halogens is 1. The van der Waals surface area contributed by atoms with Crippen LogP contribution in [0.25, 0.3) is 0 Å².